The van der Waals surface area contributed by atoms with Crippen molar-refractivity contribution in [2.75, 3.05) is 13.7 Å². The highest BCUT2D eigenvalue weighted by Crippen LogP contribution is 2.36. The summed E-state index contributed by atoms with van der Waals surface area (Å²) in [5.74, 6) is 0.565. The number of carbonyl (C=O) groups excluding carboxylic acids is 1. The molecule has 0 fully saturated rings. The molecule has 6 heteroatoms. The lowest BCUT2D eigenvalue weighted by Gasteiger charge is -2.14. The Balaban J connectivity index is 2.13. The molecule has 0 heterocycles. The molecule has 0 spiro atoms. The van der Waals surface area contributed by atoms with Gasteiger partial charge in [-0.15, -0.1) is 0 Å². The normalized spacial score (nSPS) is 10.4. The molecule has 2 rings (SSSR count). The number of nitrogens with one attached hydrogen (secondary N) is 1. The number of halogens is 2. The summed E-state index contributed by atoms with van der Waals surface area (Å²) in [5.41, 5.74) is 1.83. The van der Waals surface area contributed by atoms with E-state index in [0.717, 1.165) is 12.0 Å². The van der Waals surface area contributed by atoms with Crippen LogP contribution in [0, 0.1) is 12.7 Å². The Labute approximate surface area is 155 Å². The highest BCUT2D eigenvalue weighted by atomic mass is 79.9. The Bertz CT molecular complexity index is 765. The third kappa shape index (κ3) is 4.95. The molecule has 0 aliphatic rings. The maximum absolute atomic E-state index is 13.3. The van der Waals surface area contributed by atoms with Crippen molar-refractivity contribution >= 4 is 21.8 Å². The van der Waals surface area contributed by atoms with E-state index in [1.807, 2.05) is 6.92 Å². The van der Waals surface area contributed by atoms with Gasteiger partial charge in [-0.3, -0.25) is 4.79 Å². The maximum Gasteiger partial charge on any atom is 0.251 e. The van der Waals surface area contributed by atoms with Crippen LogP contribution in [0.15, 0.2) is 34.8 Å². The minimum absolute atomic E-state index is 0.247. The summed E-state index contributed by atoms with van der Waals surface area (Å²) in [7, 11) is 1.53. The molecular weight excluding hydrogens is 389 g/mol. The zero-order valence-electron chi connectivity index (χ0n) is 14.5. The minimum atomic E-state index is -0.258. The van der Waals surface area contributed by atoms with Gasteiger partial charge in [-0.1, -0.05) is 19.1 Å². The molecule has 2 aromatic carbocycles. The van der Waals surface area contributed by atoms with Crippen LogP contribution in [-0.2, 0) is 6.54 Å². The van der Waals surface area contributed by atoms with E-state index >= 15 is 0 Å². The quantitative estimate of drug-likeness (QED) is 0.725. The molecule has 0 radical (unpaired) electrons. The number of rotatable bonds is 7. The van der Waals surface area contributed by atoms with Gasteiger partial charge in [-0.05, 0) is 58.6 Å². The first-order valence-corrected chi connectivity index (χ1v) is 8.79. The van der Waals surface area contributed by atoms with Gasteiger partial charge in [-0.2, -0.15) is 0 Å². The predicted molar refractivity (Wildman–Crippen MR) is 98.8 cm³/mol. The largest absolute Gasteiger partial charge is 0.493 e. The van der Waals surface area contributed by atoms with Crippen molar-refractivity contribution in [3.05, 3.63) is 57.3 Å². The van der Waals surface area contributed by atoms with Crippen LogP contribution in [0.25, 0.3) is 0 Å². The first-order chi connectivity index (χ1) is 12.0. The third-order valence-electron chi connectivity index (χ3n) is 3.62. The number of aryl methyl sites for hydroxylation is 1. The Morgan fingerprint density at radius 2 is 2.04 bits per heavy atom. The zero-order chi connectivity index (χ0) is 18.4. The summed E-state index contributed by atoms with van der Waals surface area (Å²) in [6.07, 6.45) is 0.870. The molecule has 4 nitrogen and oxygen atoms in total. The van der Waals surface area contributed by atoms with Crippen molar-refractivity contribution in [3.8, 4) is 11.5 Å². The van der Waals surface area contributed by atoms with Crippen LogP contribution in [-0.4, -0.2) is 19.6 Å². The van der Waals surface area contributed by atoms with Crippen LogP contribution in [0.5, 0.6) is 11.5 Å². The highest BCUT2D eigenvalue weighted by molar-refractivity contribution is 9.10. The van der Waals surface area contributed by atoms with Gasteiger partial charge >= 0.3 is 0 Å². The fourth-order valence-corrected chi connectivity index (χ4v) is 2.85. The first-order valence-electron chi connectivity index (χ1n) is 7.99. The van der Waals surface area contributed by atoms with Crippen LogP contribution in [0.3, 0.4) is 0 Å². The van der Waals surface area contributed by atoms with E-state index in [0.29, 0.717) is 40.3 Å². The van der Waals surface area contributed by atoms with Gasteiger partial charge in [0, 0.05) is 12.1 Å². The van der Waals surface area contributed by atoms with Crippen molar-refractivity contribution in [1.82, 2.24) is 5.32 Å². The number of carbonyl (C=O) groups is 1. The van der Waals surface area contributed by atoms with Crippen molar-refractivity contribution in [2.24, 2.45) is 0 Å². The van der Waals surface area contributed by atoms with E-state index in [2.05, 4.69) is 21.2 Å². The molecule has 0 aliphatic heterocycles. The topological polar surface area (TPSA) is 47.6 Å². The molecule has 0 saturated heterocycles. The Hall–Kier alpha value is -2.08. The monoisotopic (exact) mass is 409 g/mol. The lowest BCUT2D eigenvalue weighted by atomic mass is 10.1. The summed E-state index contributed by atoms with van der Waals surface area (Å²) >= 11 is 3.42. The van der Waals surface area contributed by atoms with Crippen LogP contribution in [0.2, 0.25) is 0 Å². The average Bonchev–Trinajstić information content (AvgIpc) is 2.60. The number of hydrogen-bond donors (Lipinski definition) is 1. The van der Waals surface area contributed by atoms with Crippen molar-refractivity contribution in [3.63, 3.8) is 0 Å². The van der Waals surface area contributed by atoms with E-state index in [-0.39, 0.29) is 11.7 Å². The van der Waals surface area contributed by atoms with Gasteiger partial charge in [-0.25, -0.2) is 4.39 Å². The van der Waals surface area contributed by atoms with Gasteiger partial charge in [0.2, 0.25) is 0 Å². The second kappa shape index (κ2) is 8.85. The SMILES string of the molecule is CCCOc1c(Br)cc(C(=O)NCc2ccc(F)c(C)c2)cc1OC. The molecule has 1 amide bonds. The second-order valence-corrected chi connectivity index (χ2v) is 6.46. The smallest absolute Gasteiger partial charge is 0.251 e. The predicted octanol–water partition coefficient (Wildman–Crippen LogP) is 4.62. The van der Waals surface area contributed by atoms with Gasteiger partial charge < -0.3 is 14.8 Å². The summed E-state index contributed by atoms with van der Waals surface area (Å²) in [6.45, 7) is 4.58. The van der Waals surface area contributed by atoms with Crippen LogP contribution >= 0.6 is 15.9 Å². The molecule has 0 saturated carbocycles. The van der Waals surface area contributed by atoms with E-state index in [1.54, 1.807) is 31.2 Å². The van der Waals surface area contributed by atoms with Gasteiger partial charge in [0.1, 0.15) is 5.82 Å². The molecule has 1 N–H and O–H groups in total. The Morgan fingerprint density at radius 3 is 2.68 bits per heavy atom. The number of benzene rings is 2. The number of ether oxygens (including phenoxy) is 2. The lowest BCUT2D eigenvalue weighted by Crippen LogP contribution is -2.23. The summed E-state index contributed by atoms with van der Waals surface area (Å²) < 4.78 is 24.9. The maximum atomic E-state index is 13.3. The summed E-state index contributed by atoms with van der Waals surface area (Å²) in [6, 6.07) is 8.10. The molecule has 0 aliphatic carbocycles. The average molecular weight is 410 g/mol. The number of hydrogen-bond acceptors (Lipinski definition) is 3. The lowest BCUT2D eigenvalue weighted by molar-refractivity contribution is 0.0950. The minimum Gasteiger partial charge on any atom is -0.493 e. The fraction of sp³-hybridized carbons (Fsp3) is 0.316. The van der Waals surface area contributed by atoms with Gasteiger partial charge in [0.05, 0.1) is 18.2 Å². The first kappa shape index (κ1) is 19.2. The molecule has 2 aromatic rings. The van der Waals surface area contributed by atoms with E-state index in [1.165, 1.54) is 13.2 Å². The van der Waals surface area contributed by atoms with Gasteiger partial charge in [0.25, 0.3) is 5.91 Å². The van der Waals surface area contributed by atoms with E-state index in [4.69, 9.17) is 9.47 Å². The number of amides is 1. The van der Waals surface area contributed by atoms with Crippen molar-refractivity contribution in [1.29, 1.82) is 0 Å². The molecular formula is C19H21BrFNO3. The molecule has 0 aromatic heterocycles. The number of methoxy groups -OCH3 is 1. The molecule has 134 valence electrons. The fourth-order valence-electron chi connectivity index (χ4n) is 2.30. The van der Waals surface area contributed by atoms with Crippen LogP contribution < -0.4 is 14.8 Å². The summed E-state index contributed by atoms with van der Waals surface area (Å²) in [5, 5.41) is 2.82. The molecule has 0 atom stereocenters. The molecule has 25 heavy (non-hydrogen) atoms. The zero-order valence-corrected chi connectivity index (χ0v) is 16.1. The second-order valence-electron chi connectivity index (χ2n) is 5.60. The van der Waals surface area contributed by atoms with Gasteiger partial charge in [0.15, 0.2) is 11.5 Å². The van der Waals surface area contributed by atoms with Crippen molar-refractivity contribution < 1.29 is 18.7 Å². The molecule has 0 bridgehead atoms. The summed E-state index contributed by atoms with van der Waals surface area (Å²) in [4.78, 5) is 12.4. The van der Waals surface area contributed by atoms with Crippen molar-refractivity contribution in [2.45, 2.75) is 26.8 Å². The van der Waals surface area contributed by atoms with E-state index < -0.39 is 0 Å². The van der Waals surface area contributed by atoms with E-state index in [9.17, 15) is 9.18 Å². The highest BCUT2D eigenvalue weighted by Gasteiger charge is 2.15. The Kier molecular flexibility index (Phi) is 6.82. The Morgan fingerprint density at radius 1 is 1.28 bits per heavy atom. The third-order valence-corrected chi connectivity index (χ3v) is 4.21. The standard InChI is InChI=1S/C19H21BrFNO3/c1-4-7-25-18-15(20)9-14(10-17(18)24-3)19(23)22-11-13-5-6-16(21)12(2)8-13/h5-6,8-10H,4,7,11H2,1-3H3,(H,22,23). The molecule has 0 unspecified atom stereocenters. The van der Waals surface area contributed by atoms with Crippen LogP contribution in [0.4, 0.5) is 4.39 Å². The van der Waals surface area contributed by atoms with Crippen LogP contribution in [0.1, 0.15) is 34.8 Å².